The number of rotatable bonds is 4. The Morgan fingerprint density at radius 3 is 2.55 bits per heavy atom. The van der Waals surface area contributed by atoms with Crippen molar-refractivity contribution in [1.29, 1.82) is 0 Å². The summed E-state index contributed by atoms with van der Waals surface area (Å²) in [6.45, 7) is 9.61. The number of aryl methyl sites for hydroxylation is 3. The Bertz CT molecular complexity index is 699. The van der Waals surface area contributed by atoms with Crippen LogP contribution >= 0.6 is 0 Å². The zero-order valence-corrected chi connectivity index (χ0v) is 13.8. The van der Waals surface area contributed by atoms with E-state index in [-0.39, 0.29) is 6.61 Å². The third-order valence-electron chi connectivity index (χ3n) is 3.98. The molecule has 4 heteroatoms. The molecule has 2 aromatic rings. The maximum Gasteiger partial charge on any atom is 0.355 e. The van der Waals surface area contributed by atoms with Crippen LogP contribution in [0.4, 0.5) is 0 Å². The summed E-state index contributed by atoms with van der Waals surface area (Å²) in [6.07, 6.45) is -0.614. The molecule has 0 fully saturated rings. The molecule has 2 N–H and O–H groups in total. The van der Waals surface area contributed by atoms with Crippen molar-refractivity contribution in [3.63, 3.8) is 0 Å². The van der Waals surface area contributed by atoms with Gasteiger partial charge < -0.3 is 14.8 Å². The molecule has 0 aliphatic heterocycles. The molecular weight excluding hydrogens is 278 g/mol. The van der Waals surface area contributed by atoms with E-state index in [4.69, 9.17) is 4.74 Å². The number of carbonyl (C=O) groups is 1. The topological polar surface area (TPSA) is 62.3 Å². The normalized spacial score (nSPS) is 12.3. The minimum Gasteiger partial charge on any atom is -0.456 e. The fraction of sp³-hybridized carbons (Fsp3) is 0.389. The first-order chi connectivity index (χ1) is 10.3. The number of nitrogens with one attached hydrogen (secondary N) is 1. The Morgan fingerprint density at radius 2 is 1.95 bits per heavy atom. The fourth-order valence-electron chi connectivity index (χ4n) is 2.77. The molecule has 118 valence electrons. The second-order valence-electron chi connectivity index (χ2n) is 5.85. The lowest BCUT2D eigenvalue weighted by Crippen LogP contribution is -2.08. The molecule has 0 amide bonds. The van der Waals surface area contributed by atoms with E-state index in [1.54, 1.807) is 6.92 Å². The number of hydrogen-bond acceptors (Lipinski definition) is 3. The van der Waals surface area contributed by atoms with Crippen molar-refractivity contribution in [3.8, 4) is 0 Å². The highest BCUT2D eigenvalue weighted by Gasteiger charge is 2.21. The summed E-state index contributed by atoms with van der Waals surface area (Å²) in [7, 11) is 0. The van der Waals surface area contributed by atoms with Gasteiger partial charge in [-0.15, -0.1) is 0 Å². The lowest BCUT2D eigenvalue weighted by Gasteiger charge is -2.09. The Labute approximate surface area is 131 Å². The molecule has 4 nitrogen and oxygen atoms in total. The summed E-state index contributed by atoms with van der Waals surface area (Å²) in [5.74, 6) is -0.395. The van der Waals surface area contributed by atoms with Crippen molar-refractivity contribution in [1.82, 2.24) is 4.98 Å². The smallest absolute Gasteiger partial charge is 0.355 e. The van der Waals surface area contributed by atoms with Crippen LogP contribution in [0.15, 0.2) is 18.2 Å². The molecule has 0 aliphatic rings. The van der Waals surface area contributed by atoms with Crippen LogP contribution in [0, 0.1) is 27.7 Å². The van der Waals surface area contributed by atoms with Gasteiger partial charge in [-0.1, -0.05) is 23.8 Å². The predicted molar refractivity (Wildman–Crippen MR) is 85.9 cm³/mol. The minimum atomic E-state index is -0.614. The molecule has 0 radical (unpaired) electrons. The SMILES string of the molecule is Cc1ccc(C)c(COC(=O)c2[nH]c(C)c([C@H](C)O)c2C)c1. The van der Waals surface area contributed by atoms with Gasteiger partial charge in [0.25, 0.3) is 0 Å². The molecule has 1 aromatic carbocycles. The monoisotopic (exact) mass is 301 g/mol. The average molecular weight is 301 g/mol. The number of hydrogen-bond donors (Lipinski definition) is 2. The second kappa shape index (κ2) is 6.36. The van der Waals surface area contributed by atoms with Crippen LogP contribution in [-0.4, -0.2) is 16.1 Å². The molecule has 0 saturated heterocycles. The van der Waals surface area contributed by atoms with E-state index in [0.717, 1.165) is 33.5 Å². The van der Waals surface area contributed by atoms with Crippen LogP contribution in [0.1, 0.15) is 57.0 Å². The van der Waals surface area contributed by atoms with Crippen molar-refractivity contribution in [3.05, 3.63) is 57.4 Å². The van der Waals surface area contributed by atoms with Crippen LogP contribution in [0.5, 0.6) is 0 Å². The largest absolute Gasteiger partial charge is 0.456 e. The van der Waals surface area contributed by atoms with E-state index in [9.17, 15) is 9.90 Å². The van der Waals surface area contributed by atoms with E-state index in [1.165, 1.54) is 0 Å². The van der Waals surface area contributed by atoms with Gasteiger partial charge in [0.05, 0.1) is 6.10 Å². The van der Waals surface area contributed by atoms with Crippen molar-refractivity contribution in [2.24, 2.45) is 0 Å². The van der Waals surface area contributed by atoms with Crippen LogP contribution < -0.4 is 0 Å². The van der Waals surface area contributed by atoms with Crippen LogP contribution in [-0.2, 0) is 11.3 Å². The third-order valence-corrected chi connectivity index (χ3v) is 3.98. The van der Waals surface area contributed by atoms with E-state index in [1.807, 2.05) is 45.9 Å². The minimum absolute atomic E-state index is 0.244. The van der Waals surface area contributed by atoms with Crippen molar-refractivity contribution >= 4 is 5.97 Å². The highest BCUT2D eigenvalue weighted by molar-refractivity contribution is 5.89. The first kappa shape index (κ1) is 16.3. The number of H-pyrrole nitrogens is 1. The van der Waals surface area contributed by atoms with Gasteiger partial charge in [0.1, 0.15) is 12.3 Å². The standard InChI is InChI=1S/C18H23NO3/c1-10-6-7-11(2)15(8-10)9-22-18(21)17-12(3)16(14(5)20)13(4)19-17/h6-8,14,19-20H,9H2,1-5H3/t14-/m0/s1. The summed E-state index contributed by atoms with van der Waals surface area (Å²) in [6, 6.07) is 6.08. The summed E-state index contributed by atoms with van der Waals surface area (Å²) < 4.78 is 5.43. The lowest BCUT2D eigenvalue weighted by atomic mass is 10.1. The summed E-state index contributed by atoms with van der Waals surface area (Å²) in [4.78, 5) is 15.3. The third kappa shape index (κ3) is 3.22. The number of aliphatic hydroxyl groups excluding tert-OH is 1. The number of aliphatic hydroxyl groups is 1. The summed E-state index contributed by atoms with van der Waals surface area (Å²) in [5, 5.41) is 9.78. The molecule has 1 atom stereocenters. The first-order valence-electron chi connectivity index (χ1n) is 7.41. The predicted octanol–water partition coefficient (Wildman–Crippen LogP) is 3.66. The molecule has 0 aliphatic carbocycles. The number of esters is 1. The second-order valence-corrected chi connectivity index (χ2v) is 5.85. The average Bonchev–Trinajstić information content (AvgIpc) is 2.74. The number of carbonyl (C=O) groups excluding carboxylic acids is 1. The van der Waals surface area contributed by atoms with Crippen LogP contribution in [0.25, 0.3) is 0 Å². The van der Waals surface area contributed by atoms with E-state index < -0.39 is 12.1 Å². The number of aromatic amines is 1. The van der Waals surface area contributed by atoms with E-state index in [2.05, 4.69) is 4.98 Å². The summed E-state index contributed by atoms with van der Waals surface area (Å²) >= 11 is 0. The highest BCUT2D eigenvalue weighted by Crippen LogP contribution is 2.25. The fourth-order valence-corrected chi connectivity index (χ4v) is 2.77. The number of aromatic nitrogens is 1. The molecule has 22 heavy (non-hydrogen) atoms. The maximum atomic E-state index is 12.3. The van der Waals surface area contributed by atoms with Gasteiger partial charge in [0.15, 0.2) is 0 Å². The van der Waals surface area contributed by atoms with Gasteiger partial charge in [0, 0.05) is 11.3 Å². The van der Waals surface area contributed by atoms with E-state index >= 15 is 0 Å². The number of benzene rings is 1. The molecular formula is C18H23NO3. The quantitative estimate of drug-likeness (QED) is 0.847. The van der Waals surface area contributed by atoms with Crippen molar-refractivity contribution in [2.45, 2.75) is 47.3 Å². The lowest BCUT2D eigenvalue weighted by molar-refractivity contribution is 0.0465. The Balaban J connectivity index is 2.16. The molecule has 0 saturated carbocycles. The van der Waals surface area contributed by atoms with Gasteiger partial charge >= 0.3 is 5.97 Å². The maximum absolute atomic E-state index is 12.3. The van der Waals surface area contributed by atoms with Gasteiger partial charge in [-0.3, -0.25) is 0 Å². The van der Waals surface area contributed by atoms with Crippen molar-refractivity contribution < 1.29 is 14.6 Å². The molecule has 1 heterocycles. The highest BCUT2D eigenvalue weighted by atomic mass is 16.5. The molecule has 0 spiro atoms. The zero-order chi connectivity index (χ0) is 16.4. The first-order valence-corrected chi connectivity index (χ1v) is 7.41. The molecule has 0 bridgehead atoms. The molecule has 2 rings (SSSR count). The van der Waals surface area contributed by atoms with E-state index in [0.29, 0.717) is 5.69 Å². The van der Waals surface area contributed by atoms with Gasteiger partial charge in [-0.2, -0.15) is 0 Å². The summed E-state index contributed by atoms with van der Waals surface area (Å²) in [5.41, 5.74) is 5.97. The Morgan fingerprint density at radius 1 is 1.27 bits per heavy atom. The van der Waals surface area contributed by atoms with Gasteiger partial charge in [0.2, 0.25) is 0 Å². The molecule has 0 unspecified atom stereocenters. The van der Waals surface area contributed by atoms with Gasteiger partial charge in [-0.05, 0) is 51.3 Å². The van der Waals surface area contributed by atoms with Crippen LogP contribution in [0.2, 0.25) is 0 Å². The molecule has 1 aromatic heterocycles. The van der Waals surface area contributed by atoms with Gasteiger partial charge in [-0.25, -0.2) is 4.79 Å². The van der Waals surface area contributed by atoms with Crippen molar-refractivity contribution in [2.75, 3.05) is 0 Å². The number of ether oxygens (including phenoxy) is 1. The Hall–Kier alpha value is -2.07. The Kier molecular flexibility index (Phi) is 4.71. The van der Waals surface area contributed by atoms with Crippen LogP contribution in [0.3, 0.4) is 0 Å². The zero-order valence-electron chi connectivity index (χ0n) is 13.8.